The van der Waals surface area contributed by atoms with E-state index >= 15 is 0 Å². The van der Waals surface area contributed by atoms with Gasteiger partial charge in [-0.15, -0.1) is 0 Å². The molecule has 3 unspecified atom stereocenters. The van der Waals surface area contributed by atoms with Crippen LogP contribution in [-0.4, -0.2) is 46.1 Å². The molecule has 410 valence electrons. The number of rotatable bonds is 59. The maximum Gasteiger partial charge on any atom is 0.222 e. The first-order valence-electron chi connectivity index (χ1n) is 31.6. The monoisotopic (exact) mass is 972 g/mol. The number of amides is 1. The average Bonchev–Trinajstić information content (AvgIpc) is 3.35. The summed E-state index contributed by atoms with van der Waals surface area (Å²) in [6.07, 6.45) is 76.6. The second-order valence-electron chi connectivity index (χ2n) is 22.0. The van der Waals surface area contributed by atoms with Crippen molar-refractivity contribution in [2.45, 2.75) is 372 Å². The van der Waals surface area contributed by atoms with E-state index in [0.29, 0.717) is 12.8 Å². The van der Waals surface area contributed by atoms with Gasteiger partial charge in [0, 0.05) is 0 Å². The normalized spacial score (nSPS) is 13.3. The van der Waals surface area contributed by atoms with Crippen LogP contribution >= 0.6 is 0 Å². The zero-order valence-corrected chi connectivity index (χ0v) is 47.0. The Bertz CT molecular complexity index is 1030. The van der Waals surface area contributed by atoms with Crippen LogP contribution in [0.4, 0.5) is 0 Å². The maximum absolute atomic E-state index is 12.6. The maximum atomic E-state index is 12.6. The van der Waals surface area contributed by atoms with Crippen LogP contribution in [0.15, 0.2) is 24.3 Å². The zero-order chi connectivity index (χ0) is 50.0. The van der Waals surface area contributed by atoms with Crippen LogP contribution in [0.5, 0.6) is 0 Å². The summed E-state index contributed by atoms with van der Waals surface area (Å²) >= 11 is 0. The topological polar surface area (TPSA) is 89.8 Å². The fraction of sp³-hybridized carbons (Fsp3) is 0.922. The van der Waals surface area contributed by atoms with Gasteiger partial charge in [0.1, 0.15) is 0 Å². The van der Waals surface area contributed by atoms with Crippen molar-refractivity contribution in [2.75, 3.05) is 6.61 Å². The van der Waals surface area contributed by atoms with Crippen molar-refractivity contribution in [3.8, 4) is 0 Å². The minimum absolute atomic E-state index is 0.0395. The number of unbranched alkanes of at least 4 members (excludes halogenated alkanes) is 46. The Hall–Kier alpha value is -1.17. The lowest BCUT2D eigenvalue weighted by Gasteiger charge is -2.23. The predicted octanol–water partition coefficient (Wildman–Crippen LogP) is 20.0. The molecular formula is C64H125NO4. The standard InChI is InChI=1S/C64H125NO4/c1-3-5-7-9-11-13-15-17-19-21-22-23-24-25-26-27-28-29-30-31-32-33-34-35-36-37-38-39-40-42-43-45-47-49-51-53-55-57-61(67)59-64(69)65-62(60-66)63(68)58-56-54-52-50-48-46-44-41-20-18-16-14-12-10-8-6-4-2/h28-29,31-32,61-63,66-68H,3-27,30,33-60H2,1-2H3,(H,65,69)/b29-28-,32-31-. The second kappa shape index (κ2) is 59.4. The number of hydrogen-bond donors (Lipinski definition) is 4. The molecule has 69 heavy (non-hydrogen) atoms. The van der Waals surface area contributed by atoms with E-state index in [0.717, 1.165) is 32.1 Å². The third-order valence-corrected chi connectivity index (χ3v) is 15.0. The molecule has 0 saturated carbocycles. The van der Waals surface area contributed by atoms with Gasteiger partial charge < -0.3 is 20.6 Å². The molecule has 0 rings (SSSR count). The largest absolute Gasteiger partial charge is 0.394 e. The van der Waals surface area contributed by atoms with Crippen molar-refractivity contribution < 1.29 is 20.1 Å². The summed E-state index contributed by atoms with van der Waals surface area (Å²) in [6.45, 7) is 4.30. The third kappa shape index (κ3) is 56.0. The molecule has 1 amide bonds. The van der Waals surface area contributed by atoms with E-state index in [1.165, 1.54) is 289 Å². The van der Waals surface area contributed by atoms with Gasteiger partial charge in [0.2, 0.25) is 5.91 Å². The zero-order valence-electron chi connectivity index (χ0n) is 47.0. The Morgan fingerprint density at radius 3 is 0.913 bits per heavy atom. The highest BCUT2D eigenvalue weighted by atomic mass is 16.3. The molecule has 0 bridgehead atoms. The van der Waals surface area contributed by atoms with E-state index in [1.807, 2.05) is 0 Å². The Kier molecular flexibility index (Phi) is 58.4. The fourth-order valence-electron chi connectivity index (χ4n) is 10.2. The van der Waals surface area contributed by atoms with E-state index in [1.54, 1.807) is 0 Å². The Morgan fingerprint density at radius 2 is 0.623 bits per heavy atom. The van der Waals surface area contributed by atoms with E-state index < -0.39 is 18.2 Å². The van der Waals surface area contributed by atoms with E-state index in [4.69, 9.17) is 0 Å². The van der Waals surface area contributed by atoms with Crippen molar-refractivity contribution in [3.63, 3.8) is 0 Å². The lowest BCUT2D eigenvalue weighted by atomic mass is 10.0. The lowest BCUT2D eigenvalue weighted by molar-refractivity contribution is -0.125. The SMILES string of the molecule is CCCCCCCCCCCCCCCCC/C=C\C/C=C\CCCCCCCCCCCCCCCCCC(O)CC(=O)NC(CO)C(O)CCCCCCCCCCCCCCCCCCC. The first-order chi connectivity index (χ1) is 34.0. The van der Waals surface area contributed by atoms with Gasteiger partial charge >= 0.3 is 0 Å². The first kappa shape index (κ1) is 67.8. The predicted molar refractivity (Wildman–Crippen MR) is 305 cm³/mol. The van der Waals surface area contributed by atoms with Crippen molar-refractivity contribution in [2.24, 2.45) is 0 Å². The summed E-state index contributed by atoms with van der Waals surface area (Å²) in [6, 6.07) is -0.657. The van der Waals surface area contributed by atoms with Gasteiger partial charge in [-0.3, -0.25) is 4.79 Å². The number of hydrogen-bond acceptors (Lipinski definition) is 4. The minimum atomic E-state index is -0.748. The molecular weight excluding hydrogens is 847 g/mol. The fourth-order valence-corrected chi connectivity index (χ4v) is 10.2. The summed E-state index contributed by atoms with van der Waals surface area (Å²) < 4.78 is 0. The molecule has 3 atom stereocenters. The Labute approximate surface area is 432 Å². The first-order valence-corrected chi connectivity index (χ1v) is 31.6. The van der Waals surface area contributed by atoms with Crippen molar-refractivity contribution in [3.05, 3.63) is 24.3 Å². The van der Waals surface area contributed by atoms with E-state index in [-0.39, 0.29) is 18.9 Å². The number of allylic oxidation sites excluding steroid dienone is 4. The Balaban J connectivity index is 3.46. The highest BCUT2D eigenvalue weighted by Gasteiger charge is 2.21. The van der Waals surface area contributed by atoms with Crippen LogP contribution in [0.2, 0.25) is 0 Å². The van der Waals surface area contributed by atoms with Gasteiger partial charge in [0.15, 0.2) is 0 Å². The molecule has 0 aromatic carbocycles. The van der Waals surface area contributed by atoms with E-state index in [2.05, 4.69) is 43.5 Å². The van der Waals surface area contributed by atoms with Crippen LogP contribution in [0.3, 0.4) is 0 Å². The molecule has 0 aliphatic carbocycles. The van der Waals surface area contributed by atoms with Crippen molar-refractivity contribution in [1.29, 1.82) is 0 Å². The van der Waals surface area contributed by atoms with Crippen LogP contribution in [0.25, 0.3) is 0 Å². The van der Waals surface area contributed by atoms with Crippen LogP contribution in [0, 0.1) is 0 Å². The quantitative estimate of drug-likeness (QED) is 0.0361. The number of nitrogens with one attached hydrogen (secondary N) is 1. The summed E-state index contributed by atoms with van der Waals surface area (Å²) in [4.78, 5) is 12.6. The average molecular weight is 973 g/mol. The minimum Gasteiger partial charge on any atom is -0.394 e. The summed E-state index contributed by atoms with van der Waals surface area (Å²) in [5.41, 5.74) is 0. The van der Waals surface area contributed by atoms with E-state index in [9.17, 15) is 20.1 Å². The molecule has 0 aromatic heterocycles. The van der Waals surface area contributed by atoms with Gasteiger partial charge in [-0.2, -0.15) is 0 Å². The number of aliphatic hydroxyl groups is 3. The summed E-state index contributed by atoms with van der Waals surface area (Å²) in [5, 5.41) is 33.7. The summed E-state index contributed by atoms with van der Waals surface area (Å²) in [7, 11) is 0. The van der Waals surface area contributed by atoms with Gasteiger partial charge in [0.25, 0.3) is 0 Å². The third-order valence-electron chi connectivity index (χ3n) is 15.0. The molecule has 0 aliphatic heterocycles. The van der Waals surface area contributed by atoms with Crippen LogP contribution in [-0.2, 0) is 4.79 Å². The van der Waals surface area contributed by atoms with Crippen molar-refractivity contribution >= 4 is 5.91 Å². The molecule has 4 N–H and O–H groups in total. The van der Waals surface area contributed by atoms with Crippen LogP contribution < -0.4 is 5.32 Å². The second-order valence-corrected chi connectivity index (χ2v) is 22.0. The van der Waals surface area contributed by atoms with Crippen LogP contribution in [0.1, 0.15) is 354 Å². The molecule has 0 saturated heterocycles. The van der Waals surface area contributed by atoms with Gasteiger partial charge in [-0.05, 0) is 44.9 Å². The molecule has 0 spiro atoms. The molecule has 0 heterocycles. The van der Waals surface area contributed by atoms with Gasteiger partial charge in [-0.1, -0.05) is 327 Å². The number of aliphatic hydroxyl groups excluding tert-OH is 3. The smallest absolute Gasteiger partial charge is 0.222 e. The molecule has 5 heteroatoms. The number of carbonyl (C=O) groups is 1. The summed E-state index contributed by atoms with van der Waals surface area (Å²) in [5.74, 6) is -0.277. The van der Waals surface area contributed by atoms with Gasteiger partial charge in [0.05, 0.1) is 31.3 Å². The number of carbonyl (C=O) groups excluding carboxylic acids is 1. The molecule has 5 nitrogen and oxygen atoms in total. The Morgan fingerprint density at radius 1 is 0.362 bits per heavy atom. The highest BCUT2D eigenvalue weighted by molar-refractivity contribution is 5.76. The van der Waals surface area contributed by atoms with Crippen molar-refractivity contribution in [1.82, 2.24) is 5.32 Å². The molecule has 0 radical (unpaired) electrons. The highest BCUT2D eigenvalue weighted by Crippen LogP contribution is 2.19. The molecule has 0 aliphatic rings. The van der Waals surface area contributed by atoms with Gasteiger partial charge in [-0.25, -0.2) is 0 Å². The molecule has 0 fully saturated rings. The molecule has 0 aromatic rings. The lowest BCUT2D eigenvalue weighted by Crippen LogP contribution is -2.46.